The van der Waals surface area contributed by atoms with Crippen molar-refractivity contribution in [3.8, 4) is 5.69 Å². The Kier molecular flexibility index (Phi) is 4.38. The van der Waals surface area contributed by atoms with Gasteiger partial charge in [-0.05, 0) is 24.6 Å². The van der Waals surface area contributed by atoms with Crippen LogP contribution < -0.4 is 5.73 Å². The molecular weight excluding hydrogens is 308 g/mol. The van der Waals surface area contributed by atoms with Crippen LogP contribution in [-0.4, -0.2) is 33.8 Å². The Hall–Kier alpha value is -2.43. The van der Waals surface area contributed by atoms with Gasteiger partial charge in [0.05, 0.1) is 11.4 Å². The molecule has 0 radical (unpaired) electrons. The van der Waals surface area contributed by atoms with Crippen LogP contribution in [0.15, 0.2) is 66.9 Å². The molecule has 1 aliphatic rings. The van der Waals surface area contributed by atoms with Crippen molar-refractivity contribution < 1.29 is 0 Å². The van der Waals surface area contributed by atoms with Crippen molar-refractivity contribution in [2.24, 2.45) is 5.73 Å². The Morgan fingerprint density at radius 1 is 1.00 bits per heavy atom. The number of nitrogens with two attached hydrogens (primary N) is 1. The molecule has 2 heterocycles. The summed E-state index contributed by atoms with van der Waals surface area (Å²) in [6.07, 6.45) is 2.14. The standard InChI is InChI=1S/C21H24N4/c1-16-18(13-25(23-16)19-10-6-3-7-11-19)12-24-14-20(21(22)15-24)17-8-4-2-5-9-17/h2-11,13,20-21H,12,14-15,22H2,1H3/t20-,21+/m0/s1. The fourth-order valence-corrected chi connectivity index (χ4v) is 3.70. The lowest BCUT2D eigenvalue weighted by Crippen LogP contribution is -2.28. The highest BCUT2D eigenvalue weighted by Gasteiger charge is 2.31. The molecule has 4 rings (SSSR count). The van der Waals surface area contributed by atoms with Crippen LogP contribution in [-0.2, 0) is 6.54 Å². The molecule has 2 aromatic carbocycles. The zero-order chi connectivity index (χ0) is 17.2. The van der Waals surface area contributed by atoms with E-state index in [2.05, 4.69) is 65.6 Å². The van der Waals surface area contributed by atoms with Gasteiger partial charge in [0.15, 0.2) is 0 Å². The molecular formula is C21H24N4. The van der Waals surface area contributed by atoms with Gasteiger partial charge in [0.25, 0.3) is 0 Å². The van der Waals surface area contributed by atoms with Crippen LogP contribution in [0.1, 0.15) is 22.7 Å². The summed E-state index contributed by atoms with van der Waals surface area (Å²) < 4.78 is 1.97. The van der Waals surface area contributed by atoms with Crippen LogP contribution in [0.3, 0.4) is 0 Å². The van der Waals surface area contributed by atoms with Gasteiger partial charge in [0, 0.05) is 43.4 Å². The van der Waals surface area contributed by atoms with E-state index in [-0.39, 0.29) is 6.04 Å². The lowest BCUT2D eigenvalue weighted by Gasteiger charge is -2.15. The largest absolute Gasteiger partial charge is 0.326 e. The second-order valence-corrected chi connectivity index (χ2v) is 6.89. The third-order valence-electron chi connectivity index (χ3n) is 5.08. The molecule has 0 unspecified atom stereocenters. The van der Waals surface area contributed by atoms with Crippen LogP contribution in [0.25, 0.3) is 5.69 Å². The summed E-state index contributed by atoms with van der Waals surface area (Å²) in [7, 11) is 0. The van der Waals surface area contributed by atoms with Crippen molar-refractivity contribution in [1.82, 2.24) is 14.7 Å². The fraction of sp³-hybridized carbons (Fsp3) is 0.286. The minimum Gasteiger partial charge on any atom is -0.326 e. The van der Waals surface area contributed by atoms with Gasteiger partial charge in [-0.3, -0.25) is 4.90 Å². The van der Waals surface area contributed by atoms with Crippen molar-refractivity contribution in [2.45, 2.75) is 25.4 Å². The predicted molar refractivity (Wildman–Crippen MR) is 101 cm³/mol. The highest BCUT2D eigenvalue weighted by molar-refractivity contribution is 5.32. The van der Waals surface area contributed by atoms with Gasteiger partial charge in [0.2, 0.25) is 0 Å². The molecule has 25 heavy (non-hydrogen) atoms. The molecule has 2 atom stereocenters. The lowest BCUT2D eigenvalue weighted by atomic mass is 9.95. The summed E-state index contributed by atoms with van der Waals surface area (Å²) in [4.78, 5) is 2.45. The van der Waals surface area contributed by atoms with E-state index in [9.17, 15) is 0 Å². The van der Waals surface area contributed by atoms with Gasteiger partial charge in [0.1, 0.15) is 0 Å². The average Bonchev–Trinajstić information content (AvgIpc) is 3.19. The average molecular weight is 332 g/mol. The van der Waals surface area contributed by atoms with Crippen LogP contribution in [0, 0.1) is 6.92 Å². The van der Waals surface area contributed by atoms with Gasteiger partial charge < -0.3 is 5.73 Å². The van der Waals surface area contributed by atoms with E-state index in [4.69, 9.17) is 5.73 Å². The molecule has 0 bridgehead atoms. The Balaban J connectivity index is 1.49. The molecule has 1 aromatic heterocycles. The molecule has 3 aromatic rings. The third-order valence-corrected chi connectivity index (χ3v) is 5.08. The van der Waals surface area contributed by atoms with Crippen molar-refractivity contribution in [3.63, 3.8) is 0 Å². The quantitative estimate of drug-likeness (QED) is 0.798. The number of nitrogens with zero attached hydrogens (tertiary/aromatic N) is 3. The summed E-state index contributed by atoms with van der Waals surface area (Å²) in [5.41, 5.74) is 11.2. The molecule has 4 nitrogen and oxygen atoms in total. The maximum atomic E-state index is 6.43. The minimum atomic E-state index is 0.187. The van der Waals surface area contributed by atoms with Crippen molar-refractivity contribution >= 4 is 0 Å². The normalized spacial score (nSPS) is 20.9. The van der Waals surface area contributed by atoms with E-state index < -0.39 is 0 Å². The van der Waals surface area contributed by atoms with Gasteiger partial charge in [-0.2, -0.15) is 5.10 Å². The Morgan fingerprint density at radius 2 is 1.68 bits per heavy atom. The molecule has 128 valence electrons. The maximum Gasteiger partial charge on any atom is 0.0645 e. The van der Waals surface area contributed by atoms with Gasteiger partial charge in [-0.15, -0.1) is 0 Å². The second-order valence-electron chi connectivity index (χ2n) is 6.89. The molecule has 0 aliphatic carbocycles. The fourth-order valence-electron chi connectivity index (χ4n) is 3.70. The van der Waals surface area contributed by atoms with Gasteiger partial charge >= 0.3 is 0 Å². The highest BCUT2D eigenvalue weighted by Crippen LogP contribution is 2.28. The summed E-state index contributed by atoms with van der Waals surface area (Å²) >= 11 is 0. The molecule has 0 spiro atoms. The van der Waals surface area contributed by atoms with Gasteiger partial charge in [-0.1, -0.05) is 48.5 Å². The van der Waals surface area contributed by atoms with Crippen LogP contribution >= 0.6 is 0 Å². The van der Waals surface area contributed by atoms with Crippen molar-refractivity contribution in [1.29, 1.82) is 0 Å². The summed E-state index contributed by atoms with van der Waals surface area (Å²) in [5, 5.41) is 4.68. The van der Waals surface area contributed by atoms with E-state index in [1.54, 1.807) is 0 Å². The van der Waals surface area contributed by atoms with Crippen molar-refractivity contribution in [2.75, 3.05) is 13.1 Å². The molecule has 4 heteroatoms. The minimum absolute atomic E-state index is 0.187. The molecule has 2 N–H and O–H groups in total. The first-order chi connectivity index (χ1) is 12.2. The first-order valence-corrected chi connectivity index (χ1v) is 8.84. The summed E-state index contributed by atoms with van der Waals surface area (Å²) in [5.74, 6) is 0.408. The zero-order valence-electron chi connectivity index (χ0n) is 14.5. The van der Waals surface area contributed by atoms with E-state index in [1.807, 2.05) is 22.9 Å². The molecule has 1 saturated heterocycles. The number of para-hydroxylation sites is 1. The van der Waals surface area contributed by atoms with Crippen LogP contribution in [0.2, 0.25) is 0 Å². The Bertz CT molecular complexity index is 826. The number of hydrogen-bond acceptors (Lipinski definition) is 3. The molecule has 0 amide bonds. The summed E-state index contributed by atoms with van der Waals surface area (Å²) in [6.45, 7) is 4.91. The Labute approximate surface area is 148 Å². The SMILES string of the molecule is Cc1nn(-c2ccccc2)cc1CN1C[C@@H](N)[C@H](c2ccccc2)C1. The number of benzene rings is 2. The first-order valence-electron chi connectivity index (χ1n) is 8.84. The zero-order valence-corrected chi connectivity index (χ0v) is 14.5. The van der Waals surface area contributed by atoms with Crippen molar-refractivity contribution in [3.05, 3.63) is 83.7 Å². The van der Waals surface area contributed by atoms with Crippen LogP contribution in [0.4, 0.5) is 0 Å². The number of aryl methyl sites for hydroxylation is 1. The van der Waals surface area contributed by atoms with E-state index in [0.717, 1.165) is 31.0 Å². The topological polar surface area (TPSA) is 47.1 Å². The number of likely N-dealkylation sites (tertiary alicyclic amines) is 1. The number of rotatable bonds is 4. The van der Waals surface area contributed by atoms with E-state index in [1.165, 1.54) is 11.1 Å². The van der Waals surface area contributed by atoms with E-state index >= 15 is 0 Å². The lowest BCUT2D eigenvalue weighted by molar-refractivity contribution is 0.323. The highest BCUT2D eigenvalue weighted by atomic mass is 15.3. The first kappa shape index (κ1) is 16.1. The third kappa shape index (κ3) is 3.36. The number of aromatic nitrogens is 2. The van der Waals surface area contributed by atoms with Crippen LogP contribution in [0.5, 0.6) is 0 Å². The molecule has 1 fully saturated rings. The Morgan fingerprint density at radius 3 is 2.40 bits per heavy atom. The number of hydrogen-bond donors (Lipinski definition) is 1. The predicted octanol–water partition coefficient (Wildman–Crippen LogP) is 3.11. The molecule has 0 saturated carbocycles. The summed E-state index contributed by atoms with van der Waals surface area (Å²) in [6, 6.07) is 21.1. The van der Waals surface area contributed by atoms with E-state index in [0.29, 0.717) is 5.92 Å². The monoisotopic (exact) mass is 332 g/mol. The molecule has 1 aliphatic heterocycles. The van der Waals surface area contributed by atoms with Gasteiger partial charge in [-0.25, -0.2) is 4.68 Å². The second kappa shape index (κ2) is 6.82. The smallest absolute Gasteiger partial charge is 0.0645 e. The maximum absolute atomic E-state index is 6.43.